The molecule has 7 heteroatoms. The van der Waals surface area contributed by atoms with Gasteiger partial charge in [0.15, 0.2) is 5.11 Å². The molecule has 0 unspecified atom stereocenters. The highest BCUT2D eigenvalue weighted by Gasteiger charge is 2.41. The minimum atomic E-state index is -0.250. The third-order valence-corrected chi connectivity index (χ3v) is 7.17. The van der Waals surface area contributed by atoms with Crippen molar-refractivity contribution in [2.24, 2.45) is 0 Å². The molecule has 0 radical (unpaired) electrons. The summed E-state index contributed by atoms with van der Waals surface area (Å²) >= 11 is 5.75. The van der Waals surface area contributed by atoms with E-state index in [-0.39, 0.29) is 24.4 Å². The summed E-state index contributed by atoms with van der Waals surface area (Å²) in [6.07, 6.45) is 2.04. The molecule has 3 aromatic carbocycles. The molecular formula is C31H26N4O2S. The first-order valence-electron chi connectivity index (χ1n) is 12.6. The number of benzene rings is 3. The third-order valence-electron chi connectivity index (χ3n) is 6.82. The molecule has 6 nitrogen and oxygen atoms in total. The van der Waals surface area contributed by atoms with E-state index in [1.54, 1.807) is 6.20 Å². The van der Waals surface area contributed by atoms with Crippen molar-refractivity contribution in [2.75, 3.05) is 11.9 Å². The Morgan fingerprint density at radius 2 is 1.71 bits per heavy atom. The van der Waals surface area contributed by atoms with Gasteiger partial charge in [0.1, 0.15) is 17.6 Å². The van der Waals surface area contributed by atoms with E-state index in [1.807, 2.05) is 108 Å². The van der Waals surface area contributed by atoms with E-state index in [1.165, 1.54) is 0 Å². The summed E-state index contributed by atoms with van der Waals surface area (Å²) in [5.41, 5.74) is 2.67. The number of rotatable bonds is 7. The number of thiocarbonyl (C=S) groups is 1. The fraction of sp³-hybridized carbons (Fsp3) is 0.129. The van der Waals surface area contributed by atoms with Gasteiger partial charge in [0.2, 0.25) is 5.91 Å². The second-order valence-electron chi connectivity index (χ2n) is 9.21. The second kappa shape index (κ2) is 10.5. The lowest BCUT2D eigenvalue weighted by Crippen LogP contribution is -2.32. The molecule has 0 saturated carbocycles. The molecule has 1 fully saturated rings. The second-order valence-corrected chi connectivity index (χ2v) is 9.60. The van der Waals surface area contributed by atoms with Gasteiger partial charge in [-0.25, -0.2) is 0 Å². The van der Waals surface area contributed by atoms with Crippen molar-refractivity contribution < 1.29 is 9.21 Å². The molecular weight excluding hydrogens is 492 g/mol. The Morgan fingerprint density at radius 1 is 0.921 bits per heavy atom. The van der Waals surface area contributed by atoms with E-state index in [4.69, 9.17) is 16.6 Å². The normalized spacial score (nSPS) is 16.9. The molecule has 38 heavy (non-hydrogen) atoms. The SMILES string of the molecule is O=C(CCN1C(=S)N[C@H](c2ccccn2)[C@@H]1c1ccc(-c2ccccc2)o1)Nc1cccc2ccccc12. The maximum Gasteiger partial charge on any atom is 0.226 e. The topological polar surface area (TPSA) is 70.4 Å². The number of amides is 1. The third kappa shape index (κ3) is 4.76. The Bertz CT molecular complexity index is 1580. The van der Waals surface area contributed by atoms with Crippen LogP contribution in [-0.2, 0) is 4.79 Å². The zero-order chi connectivity index (χ0) is 25.9. The largest absolute Gasteiger partial charge is 0.459 e. The average Bonchev–Trinajstić information content (AvgIpc) is 3.57. The van der Waals surface area contributed by atoms with Gasteiger partial charge < -0.3 is 20.0 Å². The minimum Gasteiger partial charge on any atom is -0.459 e. The van der Waals surface area contributed by atoms with Crippen LogP contribution in [0.25, 0.3) is 22.1 Å². The molecule has 2 N–H and O–H groups in total. The summed E-state index contributed by atoms with van der Waals surface area (Å²) in [4.78, 5) is 19.7. The number of hydrogen-bond acceptors (Lipinski definition) is 4. The first kappa shape index (κ1) is 23.9. The maximum absolute atomic E-state index is 13.1. The number of carbonyl (C=O) groups excluding carboxylic acids is 1. The Labute approximate surface area is 226 Å². The number of pyridine rings is 1. The highest BCUT2D eigenvalue weighted by atomic mass is 32.1. The van der Waals surface area contributed by atoms with Crippen molar-refractivity contribution in [3.63, 3.8) is 0 Å². The van der Waals surface area contributed by atoms with Gasteiger partial charge in [0, 0.05) is 35.8 Å². The molecule has 1 amide bonds. The molecule has 0 bridgehead atoms. The molecule has 0 spiro atoms. The Hall–Kier alpha value is -4.49. The number of anilines is 1. The van der Waals surface area contributed by atoms with Crippen LogP contribution in [0, 0.1) is 0 Å². The van der Waals surface area contributed by atoms with Gasteiger partial charge in [0.25, 0.3) is 0 Å². The van der Waals surface area contributed by atoms with Gasteiger partial charge >= 0.3 is 0 Å². The van der Waals surface area contributed by atoms with Crippen LogP contribution < -0.4 is 10.6 Å². The van der Waals surface area contributed by atoms with Crippen LogP contribution in [-0.4, -0.2) is 27.4 Å². The molecule has 5 aromatic rings. The van der Waals surface area contributed by atoms with E-state index < -0.39 is 0 Å². The smallest absolute Gasteiger partial charge is 0.226 e. The summed E-state index contributed by atoms with van der Waals surface area (Å²) in [6, 6.07) is 33.3. The molecule has 0 aliphatic carbocycles. The highest BCUT2D eigenvalue weighted by molar-refractivity contribution is 7.80. The fourth-order valence-corrected chi connectivity index (χ4v) is 5.33. The van der Waals surface area contributed by atoms with Gasteiger partial charge in [-0.2, -0.15) is 0 Å². The van der Waals surface area contributed by atoms with Crippen molar-refractivity contribution in [3.05, 3.63) is 121 Å². The lowest BCUT2D eigenvalue weighted by Gasteiger charge is -2.26. The predicted molar refractivity (Wildman–Crippen MR) is 153 cm³/mol. The van der Waals surface area contributed by atoms with E-state index in [2.05, 4.69) is 15.6 Å². The number of carbonyl (C=O) groups is 1. The molecule has 3 heterocycles. The quantitative estimate of drug-likeness (QED) is 0.240. The number of furan rings is 1. The van der Waals surface area contributed by atoms with Gasteiger partial charge in [0.05, 0.1) is 11.7 Å². The van der Waals surface area contributed by atoms with E-state index in [9.17, 15) is 4.79 Å². The highest BCUT2D eigenvalue weighted by Crippen LogP contribution is 2.40. The molecule has 1 saturated heterocycles. The van der Waals surface area contributed by atoms with Crippen LogP contribution in [0.4, 0.5) is 5.69 Å². The monoisotopic (exact) mass is 518 g/mol. The Balaban J connectivity index is 1.25. The number of nitrogens with one attached hydrogen (secondary N) is 2. The maximum atomic E-state index is 13.1. The van der Waals surface area contributed by atoms with Crippen LogP contribution in [0.5, 0.6) is 0 Å². The molecule has 1 aliphatic heterocycles. The van der Waals surface area contributed by atoms with E-state index in [0.717, 1.165) is 39.2 Å². The number of fused-ring (bicyclic) bond motifs is 1. The first-order valence-corrected chi connectivity index (χ1v) is 13.0. The zero-order valence-electron chi connectivity index (χ0n) is 20.6. The Kier molecular flexibility index (Phi) is 6.58. The average molecular weight is 519 g/mol. The predicted octanol–water partition coefficient (Wildman–Crippen LogP) is 6.50. The van der Waals surface area contributed by atoms with Crippen LogP contribution in [0.15, 0.2) is 114 Å². The van der Waals surface area contributed by atoms with Gasteiger partial charge in [-0.1, -0.05) is 72.8 Å². The van der Waals surface area contributed by atoms with Crippen molar-refractivity contribution in [2.45, 2.75) is 18.5 Å². The van der Waals surface area contributed by atoms with Crippen LogP contribution in [0.3, 0.4) is 0 Å². The lowest BCUT2D eigenvalue weighted by molar-refractivity contribution is -0.116. The molecule has 2 atom stereocenters. The van der Waals surface area contributed by atoms with Crippen molar-refractivity contribution in [1.82, 2.24) is 15.2 Å². The van der Waals surface area contributed by atoms with E-state index >= 15 is 0 Å². The summed E-state index contributed by atoms with van der Waals surface area (Å²) in [7, 11) is 0. The van der Waals surface area contributed by atoms with Crippen LogP contribution in [0.1, 0.15) is 30.0 Å². The molecule has 6 rings (SSSR count). The standard InChI is InChI=1S/C31H26N4O2S/c36-28(33-24-15-8-12-21-9-4-5-13-23(21)24)18-20-35-30(29(34-31(35)38)25-14-6-7-19-32-25)27-17-16-26(37-27)22-10-2-1-3-11-22/h1-17,19,29-30H,18,20H2,(H,33,36)(H,34,38)/t29-,30+/m1/s1. The summed E-state index contributed by atoms with van der Waals surface area (Å²) in [6.45, 7) is 0.428. The fourth-order valence-electron chi connectivity index (χ4n) is 4.99. The molecule has 188 valence electrons. The van der Waals surface area contributed by atoms with Gasteiger partial charge in [-0.05, 0) is 47.9 Å². The van der Waals surface area contributed by atoms with E-state index in [0.29, 0.717) is 11.7 Å². The minimum absolute atomic E-state index is 0.0754. The van der Waals surface area contributed by atoms with Gasteiger partial charge in [-0.15, -0.1) is 0 Å². The summed E-state index contributed by atoms with van der Waals surface area (Å²) in [5.74, 6) is 1.47. The molecule has 2 aromatic heterocycles. The summed E-state index contributed by atoms with van der Waals surface area (Å²) in [5, 5.41) is 9.17. The van der Waals surface area contributed by atoms with Crippen molar-refractivity contribution in [3.8, 4) is 11.3 Å². The lowest BCUT2D eigenvalue weighted by atomic mass is 10.0. The Morgan fingerprint density at radius 3 is 2.55 bits per heavy atom. The van der Waals surface area contributed by atoms with Crippen LogP contribution >= 0.6 is 12.2 Å². The number of aromatic nitrogens is 1. The number of nitrogens with zero attached hydrogens (tertiary/aromatic N) is 2. The van der Waals surface area contributed by atoms with Crippen LogP contribution in [0.2, 0.25) is 0 Å². The van der Waals surface area contributed by atoms with Crippen molar-refractivity contribution in [1.29, 1.82) is 0 Å². The number of hydrogen-bond donors (Lipinski definition) is 2. The summed E-state index contributed by atoms with van der Waals surface area (Å²) < 4.78 is 6.36. The molecule has 1 aliphatic rings. The van der Waals surface area contributed by atoms with Crippen molar-refractivity contribution >= 4 is 39.7 Å². The zero-order valence-corrected chi connectivity index (χ0v) is 21.4. The first-order chi connectivity index (χ1) is 18.7. The van der Waals surface area contributed by atoms with Gasteiger partial charge in [-0.3, -0.25) is 9.78 Å².